The summed E-state index contributed by atoms with van der Waals surface area (Å²) in [6.07, 6.45) is 2.39. The van der Waals surface area contributed by atoms with Gasteiger partial charge in [-0.05, 0) is 18.4 Å². The Bertz CT molecular complexity index is 485. The molecule has 2 amide bonds. The molecule has 0 N–H and O–H groups in total. The third kappa shape index (κ3) is 3.23. The predicted molar refractivity (Wildman–Crippen MR) is 68.1 cm³/mol. The van der Waals surface area contributed by atoms with Crippen molar-refractivity contribution in [3.05, 3.63) is 35.9 Å². The van der Waals surface area contributed by atoms with Gasteiger partial charge in [-0.1, -0.05) is 30.3 Å². The van der Waals surface area contributed by atoms with E-state index in [9.17, 15) is 4.79 Å². The number of rotatable bonds is 3. The minimum atomic E-state index is 0.0310. The Hall–Kier alpha value is -2.17. The number of carbonyl (C=O) groups is 1. The summed E-state index contributed by atoms with van der Waals surface area (Å²) in [6, 6.07) is 10.2. The summed E-state index contributed by atoms with van der Waals surface area (Å²) < 4.78 is 0. The van der Waals surface area contributed by atoms with Crippen molar-refractivity contribution in [2.45, 2.75) is 25.5 Å². The van der Waals surface area contributed by atoms with Gasteiger partial charge in [-0.15, -0.1) is 0 Å². The molecule has 2 heterocycles. The number of piperidine rings is 1. The fourth-order valence-electron chi connectivity index (χ4n) is 2.49. The molecule has 0 aliphatic carbocycles. The molecule has 1 aromatic carbocycles. The van der Waals surface area contributed by atoms with E-state index in [-0.39, 0.29) is 18.2 Å². The van der Waals surface area contributed by atoms with Gasteiger partial charge in [0.1, 0.15) is 6.61 Å². The first-order valence-electron chi connectivity index (χ1n) is 6.50. The molecule has 1 atom stereocenters. The first-order valence-corrected chi connectivity index (χ1v) is 6.50. The summed E-state index contributed by atoms with van der Waals surface area (Å²) >= 11 is 0. The van der Waals surface area contributed by atoms with Crippen molar-refractivity contribution in [2.75, 3.05) is 13.1 Å². The number of hydrogen-bond acceptors (Lipinski definition) is 4. The lowest BCUT2D eigenvalue weighted by Crippen LogP contribution is -2.33. The number of carbonyl (C=O) groups excluding carboxylic acids is 3. The van der Waals surface area contributed by atoms with Crippen LogP contribution in [-0.4, -0.2) is 41.3 Å². The van der Waals surface area contributed by atoms with Gasteiger partial charge in [-0.25, -0.2) is 4.79 Å². The van der Waals surface area contributed by atoms with Gasteiger partial charge in [0.25, 0.3) is 0 Å². The van der Waals surface area contributed by atoms with Crippen LogP contribution in [0.3, 0.4) is 0 Å². The summed E-state index contributed by atoms with van der Waals surface area (Å²) in [6.45, 7) is 2.17. The molecule has 2 aliphatic rings. The number of urea groups is 1. The maximum Gasteiger partial charge on any atom is 0.373 e. The van der Waals surface area contributed by atoms with Crippen LogP contribution < -0.4 is 0 Å². The van der Waals surface area contributed by atoms with E-state index in [4.69, 9.17) is 14.4 Å². The van der Waals surface area contributed by atoms with Crippen LogP contribution in [0.2, 0.25) is 0 Å². The number of benzene rings is 1. The molecular weight excluding hydrogens is 260 g/mol. The molecule has 2 fully saturated rings. The van der Waals surface area contributed by atoms with Crippen molar-refractivity contribution in [3.63, 3.8) is 0 Å². The monoisotopic (exact) mass is 276 g/mol. The minimum absolute atomic E-state index is 0.0310. The fraction of sp³-hybridized carbons (Fsp3) is 0.429. The van der Waals surface area contributed by atoms with Gasteiger partial charge < -0.3 is 4.90 Å². The Morgan fingerprint density at radius 3 is 2.60 bits per heavy atom. The van der Waals surface area contributed by atoms with Crippen LogP contribution >= 0.6 is 0 Å². The van der Waals surface area contributed by atoms with Crippen LogP contribution in [-0.2, 0) is 21.0 Å². The second-order valence-corrected chi connectivity index (χ2v) is 4.69. The van der Waals surface area contributed by atoms with Gasteiger partial charge in [0.2, 0.25) is 0 Å². The molecule has 6 heteroatoms. The normalized spacial score (nSPS) is 20.2. The molecule has 3 rings (SSSR count). The van der Waals surface area contributed by atoms with Crippen LogP contribution in [0, 0.1) is 0 Å². The van der Waals surface area contributed by atoms with Gasteiger partial charge in [0.15, 0.2) is 0 Å². The summed E-state index contributed by atoms with van der Waals surface area (Å²) in [4.78, 5) is 35.7. The molecule has 1 aromatic rings. The largest absolute Gasteiger partial charge is 0.373 e. The van der Waals surface area contributed by atoms with E-state index in [1.54, 1.807) is 5.06 Å². The number of hydroxylamine groups is 2. The fourth-order valence-corrected chi connectivity index (χ4v) is 2.49. The molecule has 106 valence electrons. The molecule has 0 radical (unpaired) electrons. The molecule has 0 aromatic heterocycles. The topological polar surface area (TPSA) is 66.9 Å². The lowest BCUT2D eigenvalue weighted by Gasteiger charge is -2.22. The molecule has 2 bridgehead atoms. The van der Waals surface area contributed by atoms with E-state index >= 15 is 0 Å². The second kappa shape index (κ2) is 6.84. The van der Waals surface area contributed by atoms with Crippen molar-refractivity contribution in [3.8, 4) is 0 Å². The predicted octanol–water partition coefficient (Wildman–Crippen LogP) is 1.43. The van der Waals surface area contributed by atoms with E-state index in [1.165, 1.54) is 0 Å². The van der Waals surface area contributed by atoms with Crippen molar-refractivity contribution in [1.82, 2.24) is 9.96 Å². The maximum atomic E-state index is 11.9. The van der Waals surface area contributed by atoms with E-state index in [0.29, 0.717) is 6.61 Å². The zero-order valence-corrected chi connectivity index (χ0v) is 11.0. The Balaban J connectivity index is 0.000000452. The highest BCUT2D eigenvalue weighted by Crippen LogP contribution is 2.25. The van der Waals surface area contributed by atoms with Crippen LogP contribution in [0.15, 0.2) is 30.3 Å². The van der Waals surface area contributed by atoms with Crippen molar-refractivity contribution < 1.29 is 19.2 Å². The first-order chi connectivity index (χ1) is 9.76. The number of fused-ring (bicyclic) bond motifs is 2. The van der Waals surface area contributed by atoms with Crippen molar-refractivity contribution in [2.24, 2.45) is 0 Å². The van der Waals surface area contributed by atoms with Gasteiger partial charge in [-0.2, -0.15) is 14.7 Å². The summed E-state index contributed by atoms with van der Waals surface area (Å²) in [5.41, 5.74) is 1.09. The van der Waals surface area contributed by atoms with E-state index < -0.39 is 0 Å². The lowest BCUT2D eigenvalue weighted by molar-refractivity contribution is -0.191. The average molecular weight is 276 g/mol. The molecular formula is C14H16N2O4. The molecule has 2 saturated heterocycles. The highest BCUT2D eigenvalue weighted by atomic mass is 16.7. The quantitative estimate of drug-likeness (QED) is 0.837. The average Bonchev–Trinajstić information content (AvgIpc) is 2.69. The smallest absolute Gasteiger partial charge is 0.321 e. The van der Waals surface area contributed by atoms with Crippen LogP contribution in [0.25, 0.3) is 0 Å². The summed E-state index contributed by atoms with van der Waals surface area (Å²) in [5.74, 6) is 0. The molecule has 6 nitrogen and oxygen atoms in total. The van der Waals surface area contributed by atoms with Gasteiger partial charge in [0, 0.05) is 13.1 Å². The van der Waals surface area contributed by atoms with Gasteiger partial charge in [-0.3, -0.25) is 4.84 Å². The van der Waals surface area contributed by atoms with Crippen LogP contribution in [0.1, 0.15) is 18.4 Å². The summed E-state index contributed by atoms with van der Waals surface area (Å²) in [5, 5.41) is 1.57. The Morgan fingerprint density at radius 2 is 1.95 bits per heavy atom. The highest BCUT2D eigenvalue weighted by molar-refractivity contribution is 5.76. The Labute approximate surface area is 116 Å². The SMILES string of the molecule is O=C1N2CCC[C@H](C2)N1OCc1ccccc1.O=C=O. The van der Waals surface area contributed by atoms with Crippen LogP contribution in [0.4, 0.5) is 4.79 Å². The first kappa shape index (κ1) is 14.2. The van der Waals surface area contributed by atoms with Crippen molar-refractivity contribution >= 4 is 12.2 Å². The summed E-state index contributed by atoms with van der Waals surface area (Å²) in [7, 11) is 0. The minimum Gasteiger partial charge on any atom is -0.321 e. The third-order valence-electron chi connectivity index (χ3n) is 3.40. The Morgan fingerprint density at radius 1 is 1.25 bits per heavy atom. The number of nitrogens with zero attached hydrogens (tertiary/aromatic N) is 2. The van der Waals surface area contributed by atoms with Crippen molar-refractivity contribution in [1.29, 1.82) is 0 Å². The maximum absolute atomic E-state index is 11.9. The van der Waals surface area contributed by atoms with Gasteiger partial charge >= 0.3 is 12.2 Å². The second-order valence-electron chi connectivity index (χ2n) is 4.69. The van der Waals surface area contributed by atoms with Crippen LogP contribution in [0.5, 0.6) is 0 Å². The standard InChI is InChI=1S/C13H16N2O2.CO2/c16-13-14-8-4-7-12(9-14)15(13)17-10-11-5-2-1-3-6-11;2-1-3/h1-3,5-6,12H,4,7-10H2;/t12-;/m1./s1. The van der Waals surface area contributed by atoms with E-state index in [0.717, 1.165) is 31.5 Å². The highest BCUT2D eigenvalue weighted by Gasteiger charge is 2.40. The zero-order chi connectivity index (χ0) is 14.4. The number of amides is 2. The number of hydrogen-bond donors (Lipinski definition) is 0. The Kier molecular flexibility index (Phi) is 4.87. The molecule has 0 spiro atoms. The lowest BCUT2D eigenvalue weighted by atomic mass is 10.1. The molecule has 0 saturated carbocycles. The molecule has 20 heavy (non-hydrogen) atoms. The van der Waals surface area contributed by atoms with E-state index in [2.05, 4.69) is 0 Å². The third-order valence-corrected chi connectivity index (χ3v) is 3.40. The zero-order valence-electron chi connectivity index (χ0n) is 11.0. The molecule has 2 aliphatic heterocycles. The van der Waals surface area contributed by atoms with E-state index in [1.807, 2.05) is 35.2 Å². The molecule has 0 unspecified atom stereocenters. The van der Waals surface area contributed by atoms with Gasteiger partial charge in [0.05, 0.1) is 6.04 Å².